The van der Waals surface area contributed by atoms with Crippen LogP contribution in [0.1, 0.15) is 44.0 Å². The van der Waals surface area contributed by atoms with Gasteiger partial charge in [0.25, 0.3) is 0 Å². The molecule has 0 amide bonds. The summed E-state index contributed by atoms with van der Waals surface area (Å²) in [5.41, 5.74) is 2.66. The second-order valence-electron chi connectivity index (χ2n) is 5.58. The van der Waals surface area contributed by atoms with E-state index in [9.17, 15) is 0 Å². The van der Waals surface area contributed by atoms with Crippen LogP contribution >= 0.6 is 15.9 Å². The van der Waals surface area contributed by atoms with Gasteiger partial charge in [-0.05, 0) is 36.1 Å². The van der Waals surface area contributed by atoms with E-state index in [1.807, 2.05) is 0 Å². The molecule has 0 saturated heterocycles. The molecular formula is C18H22BrN. The standard InChI is InChI=1S/C18H22BrN/c1-13(2)18(15-8-5-4-6-9-15)20-14(3)16-10-7-11-17(19)12-16/h4-14,18,20H,1-3H3/t14-,18?/m0/s1. The summed E-state index contributed by atoms with van der Waals surface area (Å²) in [7, 11) is 0. The topological polar surface area (TPSA) is 12.0 Å². The number of nitrogens with one attached hydrogen (secondary N) is 1. The number of hydrogen-bond acceptors (Lipinski definition) is 1. The van der Waals surface area contributed by atoms with E-state index in [0.717, 1.165) is 4.47 Å². The summed E-state index contributed by atoms with van der Waals surface area (Å²) < 4.78 is 1.13. The molecule has 0 aliphatic rings. The SMILES string of the molecule is CC(C)C(N[C@@H](C)c1cccc(Br)c1)c1ccccc1. The third kappa shape index (κ3) is 3.94. The molecule has 0 aliphatic carbocycles. The van der Waals surface area contributed by atoms with Crippen molar-refractivity contribution in [3.05, 3.63) is 70.2 Å². The van der Waals surface area contributed by atoms with Crippen molar-refractivity contribution in [3.63, 3.8) is 0 Å². The summed E-state index contributed by atoms with van der Waals surface area (Å²) in [5, 5.41) is 3.76. The van der Waals surface area contributed by atoms with Gasteiger partial charge >= 0.3 is 0 Å². The zero-order valence-corrected chi connectivity index (χ0v) is 13.9. The van der Waals surface area contributed by atoms with Crippen molar-refractivity contribution < 1.29 is 0 Å². The van der Waals surface area contributed by atoms with Crippen LogP contribution in [0.2, 0.25) is 0 Å². The highest BCUT2D eigenvalue weighted by Crippen LogP contribution is 2.26. The van der Waals surface area contributed by atoms with Crippen LogP contribution in [0, 0.1) is 5.92 Å². The van der Waals surface area contributed by atoms with Crippen LogP contribution in [0.4, 0.5) is 0 Å². The quantitative estimate of drug-likeness (QED) is 0.763. The maximum absolute atomic E-state index is 3.76. The van der Waals surface area contributed by atoms with Gasteiger partial charge in [0, 0.05) is 16.6 Å². The summed E-state index contributed by atoms with van der Waals surface area (Å²) in [6.07, 6.45) is 0. The molecule has 2 heteroatoms. The lowest BCUT2D eigenvalue weighted by molar-refractivity contribution is 0.374. The van der Waals surface area contributed by atoms with Gasteiger partial charge in [-0.2, -0.15) is 0 Å². The Hall–Kier alpha value is -1.12. The Morgan fingerprint density at radius 2 is 1.50 bits per heavy atom. The van der Waals surface area contributed by atoms with Crippen LogP contribution in [-0.2, 0) is 0 Å². The first-order chi connectivity index (χ1) is 9.58. The van der Waals surface area contributed by atoms with E-state index in [1.54, 1.807) is 0 Å². The van der Waals surface area contributed by atoms with Crippen LogP contribution in [0.25, 0.3) is 0 Å². The number of benzene rings is 2. The summed E-state index contributed by atoms with van der Waals surface area (Å²) in [6.45, 7) is 6.75. The van der Waals surface area contributed by atoms with E-state index in [-0.39, 0.29) is 0 Å². The van der Waals surface area contributed by atoms with E-state index in [4.69, 9.17) is 0 Å². The van der Waals surface area contributed by atoms with Gasteiger partial charge in [-0.3, -0.25) is 0 Å². The molecule has 2 aromatic rings. The Morgan fingerprint density at radius 3 is 2.10 bits per heavy atom. The fourth-order valence-corrected chi connectivity index (χ4v) is 2.89. The lowest BCUT2D eigenvalue weighted by Crippen LogP contribution is -2.28. The number of hydrogen-bond donors (Lipinski definition) is 1. The first kappa shape index (κ1) is 15.3. The average Bonchev–Trinajstić information content (AvgIpc) is 2.45. The molecule has 1 nitrogen and oxygen atoms in total. The lowest BCUT2D eigenvalue weighted by Gasteiger charge is -2.27. The third-order valence-corrected chi connectivity index (χ3v) is 4.10. The minimum absolute atomic E-state index is 0.320. The van der Waals surface area contributed by atoms with Crippen molar-refractivity contribution in [2.45, 2.75) is 32.9 Å². The Morgan fingerprint density at radius 1 is 0.850 bits per heavy atom. The van der Waals surface area contributed by atoms with Crippen LogP contribution < -0.4 is 5.32 Å². The highest BCUT2D eigenvalue weighted by atomic mass is 79.9. The summed E-state index contributed by atoms with van der Waals surface area (Å²) >= 11 is 3.54. The molecule has 0 aromatic heterocycles. The number of rotatable bonds is 5. The minimum Gasteiger partial charge on any atom is -0.303 e. The van der Waals surface area contributed by atoms with Crippen molar-refractivity contribution in [2.24, 2.45) is 5.92 Å². The van der Waals surface area contributed by atoms with Gasteiger partial charge in [0.1, 0.15) is 0 Å². The summed E-state index contributed by atoms with van der Waals surface area (Å²) in [6, 6.07) is 19.9. The van der Waals surface area contributed by atoms with Gasteiger partial charge in [0.2, 0.25) is 0 Å². The van der Waals surface area contributed by atoms with Crippen LogP contribution in [0.15, 0.2) is 59.1 Å². The minimum atomic E-state index is 0.320. The molecule has 1 N–H and O–H groups in total. The van der Waals surface area contributed by atoms with Gasteiger partial charge in [0.15, 0.2) is 0 Å². The molecule has 2 aromatic carbocycles. The zero-order valence-electron chi connectivity index (χ0n) is 12.3. The third-order valence-electron chi connectivity index (χ3n) is 3.60. The first-order valence-electron chi connectivity index (χ1n) is 7.14. The second kappa shape index (κ2) is 7.05. The van der Waals surface area contributed by atoms with Crippen molar-refractivity contribution >= 4 is 15.9 Å². The molecule has 0 fully saturated rings. The van der Waals surface area contributed by atoms with Gasteiger partial charge in [-0.15, -0.1) is 0 Å². The summed E-state index contributed by atoms with van der Waals surface area (Å²) in [4.78, 5) is 0. The second-order valence-corrected chi connectivity index (χ2v) is 6.49. The smallest absolute Gasteiger partial charge is 0.0348 e. The molecular weight excluding hydrogens is 310 g/mol. The van der Waals surface area contributed by atoms with Crippen molar-refractivity contribution in [2.75, 3.05) is 0 Å². The fraction of sp³-hybridized carbons (Fsp3) is 0.333. The lowest BCUT2D eigenvalue weighted by atomic mass is 9.94. The van der Waals surface area contributed by atoms with Gasteiger partial charge < -0.3 is 5.32 Å². The number of halogens is 1. The van der Waals surface area contributed by atoms with Crippen molar-refractivity contribution in [1.82, 2.24) is 5.32 Å². The van der Waals surface area contributed by atoms with E-state index < -0.39 is 0 Å². The molecule has 2 rings (SSSR count). The molecule has 0 saturated carbocycles. The van der Waals surface area contributed by atoms with Gasteiger partial charge in [-0.25, -0.2) is 0 Å². The Bertz CT molecular complexity index is 536. The van der Waals surface area contributed by atoms with Gasteiger partial charge in [0.05, 0.1) is 0 Å². The molecule has 0 heterocycles. The Kier molecular flexibility index (Phi) is 5.38. The zero-order chi connectivity index (χ0) is 14.5. The average molecular weight is 332 g/mol. The van der Waals surface area contributed by atoms with Crippen LogP contribution in [0.5, 0.6) is 0 Å². The maximum atomic E-state index is 3.76. The van der Waals surface area contributed by atoms with Gasteiger partial charge in [-0.1, -0.05) is 72.2 Å². The first-order valence-corrected chi connectivity index (χ1v) is 7.93. The normalized spacial score (nSPS) is 14.2. The van der Waals surface area contributed by atoms with E-state index in [1.165, 1.54) is 11.1 Å². The highest BCUT2D eigenvalue weighted by Gasteiger charge is 2.18. The van der Waals surface area contributed by atoms with Crippen molar-refractivity contribution in [1.29, 1.82) is 0 Å². The van der Waals surface area contributed by atoms with E-state index in [2.05, 4.69) is 96.6 Å². The largest absolute Gasteiger partial charge is 0.303 e. The van der Waals surface area contributed by atoms with Crippen molar-refractivity contribution in [3.8, 4) is 0 Å². The van der Waals surface area contributed by atoms with E-state index >= 15 is 0 Å². The van der Waals surface area contributed by atoms with Crippen LogP contribution in [-0.4, -0.2) is 0 Å². The molecule has 0 radical (unpaired) electrons. The Labute approximate surface area is 130 Å². The predicted octanol–water partition coefficient (Wildman–Crippen LogP) is 5.50. The molecule has 2 atom stereocenters. The molecule has 20 heavy (non-hydrogen) atoms. The molecule has 0 bridgehead atoms. The van der Waals surface area contributed by atoms with Crippen LogP contribution in [0.3, 0.4) is 0 Å². The molecule has 1 unspecified atom stereocenters. The Balaban J connectivity index is 2.17. The van der Waals surface area contributed by atoms with E-state index in [0.29, 0.717) is 18.0 Å². The summed E-state index contributed by atoms with van der Waals surface area (Å²) in [5.74, 6) is 0.548. The predicted molar refractivity (Wildman–Crippen MR) is 89.7 cm³/mol. The molecule has 106 valence electrons. The maximum Gasteiger partial charge on any atom is 0.0348 e. The molecule has 0 aliphatic heterocycles. The highest BCUT2D eigenvalue weighted by molar-refractivity contribution is 9.10. The molecule has 0 spiro atoms. The fourth-order valence-electron chi connectivity index (χ4n) is 2.48. The monoisotopic (exact) mass is 331 g/mol.